The van der Waals surface area contributed by atoms with Crippen LogP contribution in [0, 0.1) is 0 Å². The van der Waals surface area contributed by atoms with Gasteiger partial charge in [-0.05, 0) is 24.1 Å². The van der Waals surface area contributed by atoms with Crippen molar-refractivity contribution in [1.82, 2.24) is 16.0 Å². The Labute approximate surface area is 203 Å². The van der Waals surface area contributed by atoms with E-state index in [1.165, 1.54) is 12.1 Å². The Morgan fingerprint density at radius 1 is 0.943 bits per heavy atom. The second kappa shape index (κ2) is 11.6. The van der Waals surface area contributed by atoms with Crippen molar-refractivity contribution < 1.29 is 32.3 Å². The largest absolute Gasteiger partial charge is 0.467 e. The minimum atomic E-state index is -3.69. The van der Waals surface area contributed by atoms with Gasteiger partial charge in [0, 0.05) is 6.42 Å². The molecule has 1 fully saturated rings. The monoisotopic (exact) mass is 501 g/mol. The van der Waals surface area contributed by atoms with Crippen molar-refractivity contribution in [2.75, 3.05) is 12.9 Å². The fraction of sp³-hybridized carbons (Fsp3) is 0.333. The molecule has 3 N–H and O–H groups in total. The molecule has 3 amide bonds. The van der Waals surface area contributed by atoms with Crippen molar-refractivity contribution >= 4 is 33.5 Å². The average Bonchev–Trinajstić information content (AvgIpc) is 2.85. The molecule has 0 unspecified atom stereocenters. The lowest BCUT2D eigenvalue weighted by Gasteiger charge is -2.29. The van der Waals surface area contributed by atoms with Gasteiger partial charge in [-0.15, -0.1) is 0 Å². The quantitative estimate of drug-likeness (QED) is 0.392. The van der Waals surface area contributed by atoms with E-state index in [2.05, 4.69) is 20.7 Å². The number of hydrogen-bond acceptors (Lipinski definition) is 7. The normalized spacial score (nSPS) is 18.7. The third-order valence-electron chi connectivity index (χ3n) is 5.54. The average molecular weight is 502 g/mol. The first kappa shape index (κ1) is 25.9. The highest BCUT2D eigenvalue weighted by Gasteiger charge is 2.35. The van der Waals surface area contributed by atoms with Gasteiger partial charge in [-0.3, -0.25) is 14.4 Å². The molecule has 11 heteroatoms. The van der Waals surface area contributed by atoms with Crippen LogP contribution >= 0.6 is 0 Å². The fourth-order valence-electron chi connectivity index (χ4n) is 3.66. The minimum Gasteiger partial charge on any atom is -0.467 e. The van der Waals surface area contributed by atoms with E-state index in [0.29, 0.717) is 6.42 Å². The number of benzene rings is 2. The maximum atomic E-state index is 12.6. The molecule has 3 rings (SSSR count). The number of esters is 1. The Kier molecular flexibility index (Phi) is 8.58. The predicted molar refractivity (Wildman–Crippen MR) is 126 cm³/mol. The summed E-state index contributed by atoms with van der Waals surface area (Å²) in [6.07, 6.45) is -0.343. The zero-order valence-corrected chi connectivity index (χ0v) is 19.9. The minimum absolute atomic E-state index is 0.0987. The van der Waals surface area contributed by atoms with Crippen molar-refractivity contribution in [2.45, 2.75) is 42.3 Å². The van der Waals surface area contributed by atoms with Gasteiger partial charge in [0.15, 0.2) is 9.84 Å². The standard InChI is InChI=1S/C24H27N3O7S/c1-34-24(31)18(12-13-35(32,33)17-10-6-3-7-11-17)25-21(28)15-20-23(30)26-19(22(29)27-20)14-16-8-4-2-5-9-16/h2-11,18-20H,12-15H2,1H3,(H,25,28)(H,26,30)(H,27,29)/t18-,19+,20+/m1/s1. The molecule has 1 aliphatic heterocycles. The van der Waals surface area contributed by atoms with Crippen molar-refractivity contribution in [3.05, 3.63) is 66.2 Å². The number of carbonyl (C=O) groups excluding carboxylic acids is 4. The highest BCUT2D eigenvalue weighted by Crippen LogP contribution is 2.13. The number of piperazine rings is 1. The molecule has 0 spiro atoms. The highest BCUT2D eigenvalue weighted by atomic mass is 32.2. The summed E-state index contributed by atoms with van der Waals surface area (Å²) >= 11 is 0. The first-order chi connectivity index (χ1) is 16.7. The number of ether oxygens (including phenoxy) is 1. The molecule has 1 heterocycles. The number of carbonyl (C=O) groups is 4. The fourth-order valence-corrected chi connectivity index (χ4v) is 5.02. The van der Waals surface area contributed by atoms with Crippen molar-refractivity contribution in [2.24, 2.45) is 0 Å². The van der Waals surface area contributed by atoms with Gasteiger partial charge in [0.25, 0.3) is 0 Å². The summed E-state index contributed by atoms with van der Waals surface area (Å²) < 4.78 is 29.7. The van der Waals surface area contributed by atoms with Gasteiger partial charge >= 0.3 is 5.97 Å². The maximum Gasteiger partial charge on any atom is 0.328 e. The van der Waals surface area contributed by atoms with Crippen LogP contribution in [0.15, 0.2) is 65.6 Å². The Morgan fingerprint density at radius 2 is 1.51 bits per heavy atom. The van der Waals surface area contributed by atoms with Gasteiger partial charge in [0.2, 0.25) is 17.7 Å². The van der Waals surface area contributed by atoms with Crippen LogP contribution in [-0.4, -0.2) is 63.1 Å². The Bertz CT molecular complexity index is 1170. The van der Waals surface area contributed by atoms with E-state index in [0.717, 1.165) is 12.7 Å². The number of sulfone groups is 1. The van der Waals surface area contributed by atoms with Gasteiger partial charge < -0.3 is 20.7 Å². The van der Waals surface area contributed by atoms with Crippen LogP contribution in [0.25, 0.3) is 0 Å². The molecule has 0 aromatic heterocycles. The second-order valence-corrected chi connectivity index (χ2v) is 10.2. The van der Waals surface area contributed by atoms with Gasteiger partial charge in [-0.1, -0.05) is 48.5 Å². The Morgan fingerprint density at radius 3 is 2.14 bits per heavy atom. The predicted octanol–water partition coefficient (Wildman–Crippen LogP) is 0.124. The molecule has 2 aromatic carbocycles. The molecule has 10 nitrogen and oxygen atoms in total. The van der Waals surface area contributed by atoms with E-state index in [-0.39, 0.29) is 11.3 Å². The second-order valence-electron chi connectivity index (χ2n) is 8.08. The van der Waals surface area contributed by atoms with Crippen LogP contribution in [0.5, 0.6) is 0 Å². The molecule has 186 valence electrons. The van der Waals surface area contributed by atoms with Crippen LogP contribution in [0.4, 0.5) is 0 Å². The molecule has 0 bridgehead atoms. The molecule has 1 saturated heterocycles. The lowest BCUT2D eigenvalue weighted by atomic mass is 10.0. The number of methoxy groups -OCH3 is 1. The Hall–Kier alpha value is -3.73. The first-order valence-corrected chi connectivity index (χ1v) is 12.6. The third kappa shape index (κ3) is 7.12. The van der Waals surface area contributed by atoms with Gasteiger partial charge in [-0.25, -0.2) is 13.2 Å². The number of nitrogens with one attached hydrogen (secondary N) is 3. The molecule has 0 radical (unpaired) electrons. The highest BCUT2D eigenvalue weighted by molar-refractivity contribution is 7.91. The molecule has 2 aromatic rings. The van der Waals surface area contributed by atoms with Crippen LogP contribution in [0.3, 0.4) is 0 Å². The van der Waals surface area contributed by atoms with Gasteiger partial charge in [0.05, 0.1) is 24.2 Å². The molecule has 1 aliphatic rings. The summed E-state index contributed by atoms with van der Waals surface area (Å²) in [5.41, 5.74) is 0.871. The van der Waals surface area contributed by atoms with E-state index in [9.17, 15) is 27.6 Å². The smallest absolute Gasteiger partial charge is 0.328 e. The molecule has 3 atom stereocenters. The summed E-state index contributed by atoms with van der Waals surface area (Å²) in [4.78, 5) is 49.8. The van der Waals surface area contributed by atoms with E-state index in [1.807, 2.05) is 30.3 Å². The molecule has 0 aliphatic carbocycles. The van der Waals surface area contributed by atoms with E-state index in [4.69, 9.17) is 0 Å². The molecule has 0 saturated carbocycles. The Balaban J connectivity index is 1.57. The van der Waals surface area contributed by atoms with Crippen LogP contribution in [0.2, 0.25) is 0 Å². The van der Waals surface area contributed by atoms with Crippen LogP contribution in [-0.2, 0) is 40.2 Å². The number of amides is 3. The summed E-state index contributed by atoms with van der Waals surface area (Å²) in [6.45, 7) is 0. The van der Waals surface area contributed by atoms with Crippen molar-refractivity contribution in [1.29, 1.82) is 0 Å². The van der Waals surface area contributed by atoms with Crippen molar-refractivity contribution in [3.8, 4) is 0 Å². The lowest BCUT2D eigenvalue weighted by molar-refractivity contribution is -0.145. The zero-order chi connectivity index (χ0) is 25.4. The third-order valence-corrected chi connectivity index (χ3v) is 7.30. The summed E-state index contributed by atoms with van der Waals surface area (Å²) in [6, 6.07) is 13.8. The van der Waals surface area contributed by atoms with E-state index >= 15 is 0 Å². The topological polar surface area (TPSA) is 148 Å². The number of hydrogen-bond donors (Lipinski definition) is 3. The zero-order valence-electron chi connectivity index (χ0n) is 19.1. The van der Waals surface area contributed by atoms with Crippen LogP contribution in [0.1, 0.15) is 18.4 Å². The van der Waals surface area contributed by atoms with Gasteiger partial charge in [0.1, 0.15) is 18.1 Å². The lowest BCUT2D eigenvalue weighted by Crippen LogP contribution is -2.63. The van der Waals surface area contributed by atoms with Crippen molar-refractivity contribution in [3.63, 3.8) is 0 Å². The summed E-state index contributed by atoms with van der Waals surface area (Å²) in [5, 5.41) is 7.57. The molecule has 35 heavy (non-hydrogen) atoms. The SMILES string of the molecule is COC(=O)[C@@H](CCS(=O)(=O)c1ccccc1)NC(=O)C[C@@H]1NC(=O)[C@H](Cc2ccccc2)NC1=O. The number of rotatable bonds is 10. The summed E-state index contributed by atoms with van der Waals surface area (Å²) in [7, 11) is -2.57. The van der Waals surface area contributed by atoms with Gasteiger partial charge in [-0.2, -0.15) is 0 Å². The summed E-state index contributed by atoms with van der Waals surface area (Å²) in [5.74, 6) is -2.88. The van der Waals surface area contributed by atoms with E-state index < -0.39 is 63.8 Å². The molecular formula is C24H27N3O7S. The van der Waals surface area contributed by atoms with Crippen LogP contribution < -0.4 is 16.0 Å². The van der Waals surface area contributed by atoms with E-state index in [1.54, 1.807) is 18.2 Å². The first-order valence-electron chi connectivity index (χ1n) is 11.0. The molecular weight excluding hydrogens is 474 g/mol. The maximum absolute atomic E-state index is 12.6.